The number of rotatable bonds is 6. The molecule has 10 nitrogen and oxygen atoms in total. The number of ether oxygens (including phenoxy) is 5. The van der Waals surface area contributed by atoms with Gasteiger partial charge < -0.3 is 28.5 Å². The van der Waals surface area contributed by atoms with E-state index in [1.165, 1.54) is 0 Å². The lowest BCUT2D eigenvalue weighted by Crippen LogP contribution is -2.59. The van der Waals surface area contributed by atoms with E-state index in [1.54, 1.807) is 0 Å². The molecule has 0 aromatic rings. The number of aldehydes is 1. The van der Waals surface area contributed by atoms with Gasteiger partial charge in [0.1, 0.15) is 25.1 Å². The fraction of sp³-hybridized carbons (Fsp3) is 0.667. The summed E-state index contributed by atoms with van der Waals surface area (Å²) in [6.07, 6.45) is -4.65. The second-order valence-corrected chi connectivity index (χ2v) is 5.32. The van der Waals surface area contributed by atoms with Crippen LogP contribution in [0.5, 0.6) is 0 Å². The molecule has 1 aliphatic heterocycles. The lowest BCUT2D eigenvalue weighted by Gasteiger charge is -2.42. The third-order valence-electron chi connectivity index (χ3n) is 3.20. The Morgan fingerprint density at radius 2 is 1.36 bits per heavy atom. The molecule has 1 aliphatic rings. The highest BCUT2D eigenvalue weighted by Gasteiger charge is 2.51. The van der Waals surface area contributed by atoms with Gasteiger partial charge in [-0.05, 0) is 0 Å². The van der Waals surface area contributed by atoms with E-state index in [-0.39, 0.29) is 6.61 Å². The van der Waals surface area contributed by atoms with E-state index in [9.17, 15) is 24.0 Å². The van der Waals surface area contributed by atoms with E-state index in [2.05, 4.69) is 0 Å². The molecule has 0 aliphatic carbocycles. The summed E-state index contributed by atoms with van der Waals surface area (Å²) in [6, 6.07) is 0. The van der Waals surface area contributed by atoms with Crippen LogP contribution >= 0.6 is 0 Å². The van der Waals surface area contributed by atoms with E-state index in [0.717, 1.165) is 27.7 Å². The Bertz CT molecular complexity index is 542. The van der Waals surface area contributed by atoms with Gasteiger partial charge in [-0.15, -0.1) is 0 Å². The van der Waals surface area contributed by atoms with Gasteiger partial charge in [-0.1, -0.05) is 0 Å². The van der Waals surface area contributed by atoms with Gasteiger partial charge in [-0.3, -0.25) is 19.2 Å². The Kier molecular flexibility index (Phi) is 7.49. The van der Waals surface area contributed by atoms with Crippen molar-refractivity contribution in [2.24, 2.45) is 5.92 Å². The zero-order valence-corrected chi connectivity index (χ0v) is 14.3. The fourth-order valence-corrected chi connectivity index (χ4v) is 2.36. The van der Waals surface area contributed by atoms with E-state index in [1.807, 2.05) is 0 Å². The van der Waals surface area contributed by atoms with Crippen molar-refractivity contribution < 1.29 is 47.7 Å². The number of carbonyl (C=O) groups is 5. The summed E-state index contributed by atoms with van der Waals surface area (Å²) in [5.74, 6) is -4.03. The third kappa shape index (κ3) is 6.14. The first kappa shape index (κ1) is 20.6. The van der Waals surface area contributed by atoms with E-state index >= 15 is 0 Å². The average Bonchev–Trinajstić information content (AvgIpc) is 2.46. The van der Waals surface area contributed by atoms with Crippen molar-refractivity contribution in [2.75, 3.05) is 6.61 Å². The molecule has 0 saturated carbocycles. The highest BCUT2D eigenvalue weighted by Crippen LogP contribution is 2.31. The van der Waals surface area contributed by atoms with Crippen LogP contribution in [0.15, 0.2) is 0 Å². The number of carbonyl (C=O) groups excluding carboxylic acids is 5. The van der Waals surface area contributed by atoms with Crippen molar-refractivity contribution in [1.82, 2.24) is 0 Å². The number of hydrogen-bond donors (Lipinski definition) is 0. The molecule has 1 rings (SSSR count). The highest BCUT2D eigenvalue weighted by atomic mass is 16.7. The summed E-state index contributed by atoms with van der Waals surface area (Å²) in [5, 5.41) is 0. The predicted octanol–water partition coefficient (Wildman–Crippen LogP) is -0.484. The van der Waals surface area contributed by atoms with Crippen LogP contribution in [-0.4, -0.2) is 61.4 Å². The smallest absolute Gasteiger partial charge is 0.305 e. The molecule has 140 valence electrons. The van der Waals surface area contributed by atoms with Crippen molar-refractivity contribution in [3.05, 3.63) is 0 Å². The number of hydrogen-bond acceptors (Lipinski definition) is 10. The molecule has 0 aromatic carbocycles. The summed E-state index contributed by atoms with van der Waals surface area (Å²) in [7, 11) is 0. The summed E-state index contributed by atoms with van der Waals surface area (Å²) in [6.45, 7) is 4.11. The van der Waals surface area contributed by atoms with Crippen LogP contribution in [-0.2, 0) is 47.7 Å². The van der Waals surface area contributed by atoms with Crippen molar-refractivity contribution in [3.63, 3.8) is 0 Å². The molecule has 10 heteroatoms. The Hall–Kier alpha value is -2.49. The topological polar surface area (TPSA) is 132 Å². The monoisotopic (exact) mass is 360 g/mol. The molecule has 5 atom stereocenters. The lowest BCUT2D eigenvalue weighted by molar-refractivity contribution is -0.282. The third-order valence-corrected chi connectivity index (χ3v) is 3.20. The standard InChI is InChI=1S/C15H20O10/c1-7(17)21-6-12-13(22-8(2)18)11(5-16)14(23-9(3)19)15(25-12)24-10(4)20/h5,11-15H,6H2,1-4H3/t11?,12?,13-,14?,15?/m1/s1. The summed E-state index contributed by atoms with van der Waals surface area (Å²) in [4.78, 5) is 56.5. The molecule has 1 heterocycles. The largest absolute Gasteiger partial charge is 0.463 e. The molecule has 1 fully saturated rings. The van der Waals surface area contributed by atoms with Crippen molar-refractivity contribution in [3.8, 4) is 0 Å². The highest BCUT2D eigenvalue weighted by molar-refractivity contribution is 5.69. The van der Waals surface area contributed by atoms with Gasteiger partial charge in [-0.2, -0.15) is 0 Å². The van der Waals surface area contributed by atoms with Crippen LogP contribution in [0.3, 0.4) is 0 Å². The van der Waals surface area contributed by atoms with E-state index < -0.39 is 54.4 Å². The normalized spacial score (nSPS) is 28.4. The first-order valence-electron chi connectivity index (χ1n) is 7.41. The zero-order valence-electron chi connectivity index (χ0n) is 14.3. The summed E-state index contributed by atoms with van der Waals surface area (Å²) < 4.78 is 25.4. The van der Waals surface area contributed by atoms with Crippen LogP contribution in [0.4, 0.5) is 0 Å². The maximum absolute atomic E-state index is 11.6. The Balaban J connectivity index is 3.16. The van der Waals surface area contributed by atoms with Gasteiger partial charge in [-0.25, -0.2) is 0 Å². The number of esters is 4. The second kappa shape index (κ2) is 9.11. The Morgan fingerprint density at radius 1 is 0.840 bits per heavy atom. The molecular weight excluding hydrogens is 340 g/mol. The van der Waals surface area contributed by atoms with Crippen LogP contribution in [0.2, 0.25) is 0 Å². The van der Waals surface area contributed by atoms with Gasteiger partial charge >= 0.3 is 23.9 Å². The lowest BCUT2D eigenvalue weighted by atomic mass is 9.89. The molecule has 0 bridgehead atoms. The van der Waals surface area contributed by atoms with Crippen molar-refractivity contribution in [2.45, 2.75) is 52.3 Å². The molecule has 0 radical (unpaired) electrons. The molecule has 0 amide bonds. The van der Waals surface area contributed by atoms with Gasteiger partial charge in [0.2, 0.25) is 6.29 Å². The molecule has 1 saturated heterocycles. The molecular formula is C15H20O10. The summed E-state index contributed by atoms with van der Waals surface area (Å²) >= 11 is 0. The minimum absolute atomic E-state index is 0.359. The van der Waals surface area contributed by atoms with Crippen molar-refractivity contribution >= 4 is 30.2 Å². The molecule has 0 spiro atoms. The minimum atomic E-state index is -1.43. The predicted molar refractivity (Wildman–Crippen MR) is 77.7 cm³/mol. The van der Waals surface area contributed by atoms with Gasteiger partial charge in [0, 0.05) is 27.7 Å². The van der Waals surface area contributed by atoms with Gasteiger partial charge in [0.25, 0.3) is 0 Å². The molecule has 0 aromatic heterocycles. The second-order valence-electron chi connectivity index (χ2n) is 5.32. The van der Waals surface area contributed by atoms with Gasteiger partial charge in [0.15, 0.2) is 6.10 Å². The first-order valence-corrected chi connectivity index (χ1v) is 7.41. The van der Waals surface area contributed by atoms with Crippen LogP contribution in [0.1, 0.15) is 27.7 Å². The molecule has 0 N–H and O–H groups in total. The average molecular weight is 360 g/mol. The molecule has 25 heavy (non-hydrogen) atoms. The van der Waals surface area contributed by atoms with Gasteiger partial charge in [0.05, 0.1) is 5.92 Å². The zero-order chi connectivity index (χ0) is 19.1. The van der Waals surface area contributed by atoms with Crippen LogP contribution in [0, 0.1) is 5.92 Å². The molecule has 4 unspecified atom stereocenters. The van der Waals surface area contributed by atoms with Crippen LogP contribution in [0.25, 0.3) is 0 Å². The van der Waals surface area contributed by atoms with Crippen molar-refractivity contribution in [1.29, 1.82) is 0 Å². The fourth-order valence-electron chi connectivity index (χ4n) is 2.36. The SMILES string of the molecule is CC(=O)OCC1OC(OC(C)=O)C(OC(C)=O)C(C=O)[C@H]1OC(C)=O. The minimum Gasteiger partial charge on any atom is -0.463 e. The Morgan fingerprint density at radius 3 is 1.80 bits per heavy atom. The summed E-state index contributed by atoms with van der Waals surface area (Å²) in [5.41, 5.74) is 0. The maximum atomic E-state index is 11.6. The first-order chi connectivity index (χ1) is 11.6. The van der Waals surface area contributed by atoms with E-state index in [0.29, 0.717) is 6.29 Å². The van der Waals surface area contributed by atoms with Crippen LogP contribution < -0.4 is 0 Å². The quantitative estimate of drug-likeness (QED) is 0.347. The van der Waals surface area contributed by atoms with E-state index in [4.69, 9.17) is 23.7 Å². The maximum Gasteiger partial charge on any atom is 0.305 e. The Labute approximate surface area is 143 Å².